The van der Waals surface area contributed by atoms with Crippen molar-refractivity contribution in [2.45, 2.75) is 30.6 Å². The van der Waals surface area contributed by atoms with Crippen LogP contribution in [0, 0.1) is 0 Å². The molecule has 0 aliphatic rings. The fourth-order valence-electron chi connectivity index (χ4n) is 2.55. The third-order valence-electron chi connectivity index (χ3n) is 3.88. The second-order valence-corrected chi connectivity index (χ2v) is 10.9. The van der Waals surface area contributed by atoms with Crippen LogP contribution in [0.15, 0.2) is 52.9 Å². The summed E-state index contributed by atoms with van der Waals surface area (Å²) in [5.41, 5.74) is -0.0450. The molecule has 0 atom stereocenters. The number of aromatic nitrogens is 2. The van der Waals surface area contributed by atoms with E-state index < -0.39 is 27.4 Å². The molecule has 0 fully saturated rings. The van der Waals surface area contributed by atoms with Gasteiger partial charge in [-0.3, -0.25) is 19.6 Å². The van der Waals surface area contributed by atoms with Crippen molar-refractivity contribution >= 4 is 55.6 Å². The number of hydrogen-bond acceptors (Lipinski definition) is 7. The van der Waals surface area contributed by atoms with Crippen LogP contribution >= 0.6 is 22.9 Å². The van der Waals surface area contributed by atoms with E-state index in [2.05, 4.69) is 25.6 Å². The summed E-state index contributed by atoms with van der Waals surface area (Å²) in [5.74, 6) is -0.978. The van der Waals surface area contributed by atoms with Gasteiger partial charge in [-0.15, -0.1) is 10.2 Å². The van der Waals surface area contributed by atoms with Crippen LogP contribution in [0.3, 0.4) is 0 Å². The molecule has 3 aromatic rings. The molecule has 0 radical (unpaired) electrons. The van der Waals surface area contributed by atoms with Gasteiger partial charge >= 0.3 is 0 Å². The summed E-state index contributed by atoms with van der Waals surface area (Å²) in [6, 6.07) is 12.6. The van der Waals surface area contributed by atoms with E-state index in [0.717, 1.165) is 0 Å². The van der Waals surface area contributed by atoms with Crippen LogP contribution in [0.2, 0.25) is 5.02 Å². The lowest BCUT2D eigenvalue weighted by atomic mass is 10.1. The minimum absolute atomic E-state index is 0.0194. The number of nitrogens with zero attached hydrogens (tertiary/aromatic N) is 2. The molecule has 1 aromatic heterocycles. The molecule has 1 heterocycles. The molecule has 9 nitrogen and oxygen atoms in total. The van der Waals surface area contributed by atoms with E-state index in [1.165, 1.54) is 18.2 Å². The fraction of sp³-hybridized carbons (Fsp3) is 0.200. The smallest absolute Gasteiger partial charge is 0.291 e. The molecule has 0 aliphatic heterocycles. The average Bonchev–Trinajstić information content (AvgIpc) is 3.16. The predicted octanol–water partition coefficient (Wildman–Crippen LogP) is 3.77. The van der Waals surface area contributed by atoms with Crippen molar-refractivity contribution in [1.82, 2.24) is 15.5 Å². The van der Waals surface area contributed by atoms with Gasteiger partial charge in [0, 0.05) is 5.54 Å². The first-order valence-corrected chi connectivity index (χ1v) is 12.0. The lowest BCUT2D eigenvalue weighted by molar-refractivity contribution is 0.0919. The molecule has 0 aliphatic carbocycles. The number of carbonyl (C=O) groups excluding carboxylic acids is 2. The second-order valence-electron chi connectivity index (χ2n) is 7.66. The number of nitrogens with one attached hydrogen (secondary N) is 3. The Morgan fingerprint density at radius 2 is 1.56 bits per heavy atom. The average molecular weight is 494 g/mol. The molecular weight excluding hydrogens is 474 g/mol. The zero-order valence-electron chi connectivity index (χ0n) is 17.3. The van der Waals surface area contributed by atoms with Crippen molar-refractivity contribution in [3.63, 3.8) is 0 Å². The molecule has 2 amide bonds. The number of rotatable bonds is 6. The number of anilines is 2. The van der Waals surface area contributed by atoms with Gasteiger partial charge in [0.15, 0.2) is 0 Å². The molecule has 0 saturated heterocycles. The first-order chi connectivity index (χ1) is 15.0. The highest BCUT2D eigenvalue weighted by Crippen LogP contribution is 2.25. The van der Waals surface area contributed by atoms with Gasteiger partial charge in [0.05, 0.1) is 21.8 Å². The van der Waals surface area contributed by atoms with Crippen LogP contribution in [-0.4, -0.2) is 36.0 Å². The van der Waals surface area contributed by atoms with Crippen molar-refractivity contribution in [2.75, 3.05) is 10.0 Å². The predicted molar refractivity (Wildman–Crippen MR) is 124 cm³/mol. The number of carbonyl (C=O) groups is 2. The van der Waals surface area contributed by atoms with E-state index in [4.69, 9.17) is 11.6 Å². The van der Waals surface area contributed by atoms with E-state index in [-0.39, 0.29) is 31.3 Å². The Kier molecular flexibility index (Phi) is 6.82. The maximum Gasteiger partial charge on any atom is 0.291 e. The number of halogens is 1. The van der Waals surface area contributed by atoms with Crippen molar-refractivity contribution in [3.05, 3.63) is 64.7 Å². The van der Waals surface area contributed by atoms with Gasteiger partial charge in [-0.2, -0.15) is 8.42 Å². The first kappa shape index (κ1) is 23.6. The standard InChI is InChI=1S/C20H20ClN5O4S2/c1-20(2,3)23-17(28)13-9-5-7-11-15(13)26-32(29,30)19-25-24-18(31-19)22-16(27)12-8-4-6-10-14(12)21/h4-11,26H,1-3H3,(H,23,28)(H,22,24,27). The Balaban J connectivity index is 1.79. The van der Waals surface area contributed by atoms with E-state index in [9.17, 15) is 18.0 Å². The van der Waals surface area contributed by atoms with Gasteiger partial charge < -0.3 is 5.32 Å². The molecule has 3 N–H and O–H groups in total. The zero-order chi connectivity index (χ0) is 23.5. The summed E-state index contributed by atoms with van der Waals surface area (Å²) in [6.45, 7) is 5.45. The minimum Gasteiger partial charge on any atom is -0.347 e. The second kappa shape index (κ2) is 9.23. The summed E-state index contributed by atoms with van der Waals surface area (Å²) < 4.78 is 27.6. The van der Waals surface area contributed by atoms with Crippen LogP contribution in [0.4, 0.5) is 10.8 Å². The van der Waals surface area contributed by atoms with E-state index in [1.807, 2.05) is 20.8 Å². The highest BCUT2D eigenvalue weighted by molar-refractivity contribution is 7.94. The van der Waals surface area contributed by atoms with E-state index in [0.29, 0.717) is 11.3 Å². The molecule has 0 bridgehead atoms. The Morgan fingerprint density at radius 3 is 2.22 bits per heavy atom. The summed E-state index contributed by atoms with van der Waals surface area (Å²) in [4.78, 5) is 24.9. The van der Waals surface area contributed by atoms with Gasteiger partial charge in [0.2, 0.25) is 5.13 Å². The van der Waals surface area contributed by atoms with Crippen LogP contribution < -0.4 is 15.4 Å². The number of amides is 2. The summed E-state index contributed by atoms with van der Waals surface area (Å²) in [7, 11) is -4.16. The Labute approximate surface area is 194 Å². The van der Waals surface area contributed by atoms with Crippen LogP contribution in [-0.2, 0) is 10.0 Å². The highest BCUT2D eigenvalue weighted by Gasteiger charge is 2.25. The third kappa shape index (κ3) is 5.81. The van der Waals surface area contributed by atoms with Gasteiger partial charge in [-0.1, -0.05) is 47.2 Å². The monoisotopic (exact) mass is 493 g/mol. The molecule has 0 unspecified atom stereocenters. The van der Waals surface area contributed by atoms with Crippen LogP contribution in [0.5, 0.6) is 0 Å². The van der Waals surface area contributed by atoms with Crippen molar-refractivity contribution in [1.29, 1.82) is 0 Å². The Bertz CT molecular complexity index is 1270. The van der Waals surface area contributed by atoms with Crippen molar-refractivity contribution in [2.24, 2.45) is 0 Å². The molecule has 2 aromatic carbocycles. The largest absolute Gasteiger partial charge is 0.347 e. The van der Waals surface area contributed by atoms with E-state index >= 15 is 0 Å². The zero-order valence-corrected chi connectivity index (χ0v) is 19.7. The highest BCUT2D eigenvalue weighted by atomic mass is 35.5. The van der Waals surface area contributed by atoms with Crippen LogP contribution in [0.1, 0.15) is 41.5 Å². The number of benzene rings is 2. The van der Waals surface area contributed by atoms with Crippen LogP contribution in [0.25, 0.3) is 0 Å². The third-order valence-corrected chi connectivity index (χ3v) is 6.78. The molecule has 3 rings (SSSR count). The Hall–Kier alpha value is -3.02. The number of hydrogen-bond donors (Lipinski definition) is 3. The Morgan fingerprint density at radius 1 is 0.938 bits per heavy atom. The number of para-hydroxylation sites is 1. The van der Waals surface area contributed by atoms with Crippen molar-refractivity contribution in [3.8, 4) is 0 Å². The lowest BCUT2D eigenvalue weighted by Crippen LogP contribution is -2.40. The quantitative estimate of drug-likeness (QED) is 0.448. The molecule has 32 heavy (non-hydrogen) atoms. The lowest BCUT2D eigenvalue weighted by Gasteiger charge is -2.21. The minimum atomic E-state index is -4.16. The van der Waals surface area contributed by atoms with Gasteiger partial charge in [-0.25, -0.2) is 0 Å². The van der Waals surface area contributed by atoms with Gasteiger partial charge in [0.25, 0.3) is 26.2 Å². The molecule has 0 saturated carbocycles. The molecule has 12 heteroatoms. The summed E-state index contributed by atoms with van der Waals surface area (Å²) >= 11 is 6.67. The fourth-order valence-corrected chi connectivity index (χ4v) is 4.74. The molecule has 168 valence electrons. The first-order valence-electron chi connectivity index (χ1n) is 9.30. The normalized spacial score (nSPS) is 11.6. The molecule has 0 spiro atoms. The topological polar surface area (TPSA) is 130 Å². The maximum absolute atomic E-state index is 12.8. The summed E-state index contributed by atoms with van der Waals surface area (Å²) in [5, 5.41) is 12.9. The van der Waals surface area contributed by atoms with E-state index in [1.54, 1.807) is 30.3 Å². The van der Waals surface area contributed by atoms with Gasteiger partial charge in [0.1, 0.15) is 0 Å². The SMILES string of the molecule is CC(C)(C)NC(=O)c1ccccc1NS(=O)(=O)c1nnc(NC(=O)c2ccccc2Cl)s1. The summed E-state index contributed by atoms with van der Waals surface area (Å²) in [6.07, 6.45) is 0. The number of sulfonamides is 1. The van der Waals surface area contributed by atoms with Gasteiger partial charge in [-0.05, 0) is 45.0 Å². The maximum atomic E-state index is 12.8. The van der Waals surface area contributed by atoms with Crippen molar-refractivity contribution < 1.29 is 18.0 Å². The molecular formula is C20H20ClN5O4S2.